The molecule has 0 spiro atoms. The fraction of sp³-hybridized carbons (Fsp3) is 0.273. The van der Waals surface area contributed by atoms with Crippen molar-refractivity contribution in [3.05, 3.63) is 40.9 Å². The van der Waals surface area contributed by atoms with Crippen molar-refractivity contribution in [2.75, 3.05) is 5.32 Å². The van der Waals surface area contributed by atoms with E-state index in [0.717, 1.165) is 23.5 Å². The molecule has 0 bridgehead atoms. The Morgan fingerprint density at radius 1 is 1.38 bits per heavy atom. The van der Waals surface area contributed by atoms with Gasteiger partial charge in [-0.3, -0.25) is 4.68 Å². The lowest BCUT2D eigenvalue weighted by molar-refractivity contribution is 0.740. The molecule has 2 aromatic heterocycles. The molecule has 0 aliphatic carbocycles. The summed E-state index contributed by atoms with van der Waals surface area (Å²) in [6.45, 7) is 2.74. The molecular formula is C11H13ClN4. The molecular weight excluding hydrogens is 224 g/mol. The SMILES string of the molecule is Cc1c(NCc2ccc(Cl)nc2)cnn1C. The third-order valence-electron chi connectivity index (χ3n) is 2.51. The molecule has 0 radical (unpaired) electrons. The average Bonchev–Trinajstić information content (AvgIpc) is 2.60. The van der Waals surface area contributed by atoms with Crippen LogP contribution < -0.4 is 5.32 Å². The van der Waals surface area contributed by atoms with E-state index in [4.69, 9.17) is 11.6 Å². The molecule has 0 aliphatic heterocycles. The molecule has 4 nitrogen and oxygen atoms in total. The summed E-state index contributed by atoms with van der Waals surface area (Å²) in [7, 11) is 1.92. The van der Waals surface area contributed by atoms with Crippen molar-refractivity contribution in [3.8, 4) is 0 Å². The number of hydrogen-bond donors (Lipinski definition) is 1. The lowest BCUT2D eigenvalue weighted by Gasteiger charge is -2.05. The first-order chi connectivity index (χ1) is 7.66. The highest BCUT2D eigenvalue weighted by atomic mass is 35.5. The van der Waals surface area contributed by atoms with E-state index in [2.05, 4.69) is 15.4 Å². The summed E-state index contributed by atoms with van der Waals surface area (Å²) in [5.74, 6) is 0. The normalized spacial score (nSPS) is 10.4. The molecule has 0 fully saturated rings. The fourth-order valence-electron chi connectivity index (χ4n) is 1.38. The van der Waals surface area contributed by atoms with Gasteiger partial charge in [-0.25, -0.2) is 4.98 Å². The van der Waals surface area contributed by atoms with Crippen molar-refractivity contribution in [3.63, 3.8) is 0 Å². The minimum atomic E-state index is 0.515. The highest BCUT2D eigenvalue weighted by Gasteiger charge is 2.02. The van der Waals surface area contributed by atoms with Crippen LogP contribution in [-0.4, -0.2) is 14.8 Å². The fourth-order valence-corrected chi connectivity index (χ4v) is 1.49. The van der Waals surface area contributed by atoms with Gasteiger partial charge in [0.05, 0.1) is 17.6 Å². The number of halogens is 1. The van der Waals surface area contributed by atoms with Crippen molar-refractivity contribution in [2.45, 2.75) is 13.5 Å². The van der Waals surface area contributed by atoms with Gasteiger partial charge in [0.25, 0.3) is 0 Å². The molecule has 0 aliphatic rings. The Kier molecular flexibility index (Phi) is 3.10. The predicted molar refractivity (Wildman–Crippen MR) is 64.5 cm³/mol. The number of aromatic nitrogens is 3. The van der Waals surface area contributed by atoms with Gasteiger partial charge in [0.2, 0.25) is 0 Å². The molecule has 0 atom stereocenters. The summed E-state index contributed by atoms with van der Waals surface area (Å²) in [5.41, 5.74) is 3.24. The first kappa shape index (κ1) is 11.0. The van der Waals surface area contributed by atoms with Gasteiger partial charge < -0.3 is 5.32 Å². The van der Waals surface area contributed by atoms with E-state index in [9.17, 15) is 0 Å². The van der Waals surface area contributed by atoms with Crippen LogP contribution in [0.3, 0.4) is 0 Å². The van der Waals surface area contributed by atoms with Crippen LogP contribution in [0.4, 0.5) is 5.69 Å². The van der Waals surface area contributed by atoms with Gasteiger partial charge in [0, 0.05) is 19.8 Å². The van der Waals surface area contributed by atoms with Crippen molar-refractivity contribution in [1.29, 1.82) is 0 Å². The molecule has 2 rings (SSSR count). The summed E-state index contributed by atoms with van der Waals surface area (Å²) in [5, 5.41) is 7.98. The maximum Gasteiger partial charge on any atom is 0.129 e. The van der Waals surface area contributed by atoms with Gasteiger partial charge in [-0.1, -0.05) is 17.7 Å². The Morgan fingerprint density at radius 2 is 2.19 bits per heavy atom. The summed E-state index contributed by atoms with van der Waals surface area (Å²) in [6.07, 6.45) is 3.58. The molecule has 1 N–H and O–H groups in total. The molecule has 0 amide bonds. The van der Waals surface area contributed by atoms with Gasteiger partial charge in [-0.2, -0.15) is 5.10 Å². The van der Waals surface area contributed by atoms with Crippen LogP contribution in [0.15, 0.2) is 24.5 Å². The van der Waals surface area contributed by atoms with Crippen LogP contribution in [0.1, 0.15) is 11.3 Å². The van der Waals surface area contributed by atoms with Gasteiger partial charge in [0.15, 0.2) is 0 Å². The molecule has 0 saturated heterocycles. The lowest BCUT2D eigenvalue weighted by Crippen LogP contribution is -2.01. The van der Waals surface area contributed by atoms with Crippen LogP contribution in [0.5, 0.6) is 0 Å². The summed E-state index contributed by atoms with van der Waals surface area (Å²) >= 11 is 5.71. The Bertz CT molecular complexity index is 475. The number of aryl methyl sites for hydroxylation is 1. The van der Waals surface area contributed by atoms with Crippen LogP contribution in [-0.2, 0) is 13.6 Å². The van der Waals surface area contributed by atoms with Crippen molar-refractivity contribution in [2.24, 2.45) is 7.05 Å². The first-order valence-corrected chi connectivity index (χ1v) is 5.37. The van der Waals surface area contributed by atoms with Gasteiger partial charge in [-0.05, 0) is 18.6 Å². The smallest absolute Gasteiger partial charge is 0.129 e. The molecule has 0 saturated carbocycles. The molecule has 0 unspecified atom stereocenters. The van der Waals surface area contributed by atoms with Gasteiger partial charge >= 0.3 is 0 Å². The first-order valence-electron chi connectivity index (χ1n) is 4.99. The second-order valence-electron chi connectivity index (χ2n) is 3.61. The Labute approximate surface area is 99.3 Å². The predicted octanol–water partition coefficient (Wildman–Crippen LogP) is 2.39. The van der Waals surface area contributed by atoms with E-state index in [1.807, 2.05) is 30.9 Å². The number of nitrogens with one attached hydrogen (secondary N) is 1. The van der Waals surface area contributed by atoms with E-state index < -0.39 is 0 Å². The van der Waals surface area contributed by atoms with E-state index in [1.54, 1.807) is 12.3 Å². The maximum absolute atomic E-state index is 5.71. The van der Waals surface area contributed by atoms with Crippen LogP contribution in [0.2, 0.25) is 5.15 Å². The topological polar surface area (TPSA) is 42.7 Å². The van der Waals surface area contributed by atoms with E-state index in [1.165, 1.54) is 0 Å². The second-order valence-corrected chi connectivity index (χ2v) is 4.00. The van der Waals surface area contributed by atoms with E-state index >= 15 is 0 Å². The van der Waals surface area contributed by atoms with E-state index in [0.29, 0.717) is 5.15 Å². The molecule has 2 heterocycles. The Morgan fingerprint density at radius 3 is 2.75 bits per heavy atom. The molecule has 5 heteroatoms. The summed E-state index contributed by atoms with van der Waals surface area (Å²) in [6, 6.07) is 3.74. The summed E-state index contributed by atoms with van der Waals surface area (Å²) < 4.78 is 1.84. The van der Waals surface area contributed by atoms with Crippen molar-refractivity contribution >= 4 is 17.3 Å². The zero-order valence-corrected chi connectivity index (χ0v) is 9.99. The minimum Gasteiger partial charge on any atom is -0.378 e. The largest absolute Gasteiger partial charge is 0.378 e. The third-order valence-corrected chi connectivity index (χ3v) is 2.73. The van der Waals surface area contributed by atoms with Crippen molar-refractivity contribution < 1.29 is 0 Å². The van der Waals surface area contributed by atoms with Crippen LogP contribution in [0.25, 0.3) is 0 Å². The number of anilines is 1. The molecule has 84 valence electrons. The van der Waals surface area contributed by atoms with Crippen molar-refractivity contribution in [1.82, 2.24) is 14.8 Å². The monoisotopic (exact) mass is 236 g/mol. The number of pyridine rings is 1. The molecule has 0 aromatic carbocycles. The number of hydrogen-bond acceptors (Lipinski definition) is 3. The quantitative estimate of drug-likeness (QED) is 0.833. The van der Waals surface area contributed by atoms with Gasteiger partial charge in [0.1, 0.15) is 5.15 Å². The number of nitrogens with zero attached hydrogens (tertiary/aromatic N) is 3. The van der Waals surface area contributed by atoms with Gasteiger partial charge in [-0.15, -0.1) is 0 Å². The maximum atomic E-state index is 5.71. The zero-order valence-electron chi connectivity index (χ0n) is 9.24. The average molecular weight is 237 g/mol. The van der Waals surface area contributed by atoms with E-state index in [-0.39, 0.29) is 0 Å². The second kappa shape index (κ2) is 4.53. The summed E-state index contributed by atoms with van der Waals surface area (Å²) in [4.78, 5) is 4.02. The highest BCUT2D eigenvalue weighted by Crippen LogP contribution is 2.14. The molecule has 16 heavy (non-hydrogen) atoms. The highest BCUT2D eigenvalue weighted by molar-refractivity contribution is 6.29. The van der Waals surface area contributed by atoms with Crippen LogP contribution in [0, 0.1) is 6.92 Å². The Hall–Kier alpha value is -1.55. The zero-order chi connectivity index (χ0) is 11.5. The molecule has 2 aromatic rings. The lowest BCUT2D eigenvalue weighted by atomic mass is 10.3. The van der Waals surface area contributed by atoms with Crippen LogP contribution >= 0.6 is 11.6 Å². The third kappa shape index (κ3) is 2.33. The number of rotatable bonds is 3. The Balaban J connectivity index is 2.02. The minimum absolute atomic E-state index is 0.515. The standard InChI is InChI=1S/C11H13ClN4/c1-8-10(7-15-16(8)2)13-5-9-3-4-11(12)14-6-9/h3-4,6-7,13H,5H2,1-2H3.